The summed E-state index contributed by atoms with van der Waals surface area (Å²) < 4.78 is 0. The lowest BCUT2D eigenvalue weighted by molar-refractivity contribution is -0.119. The predicted octanol–water partition coefficient (Wildman–Crippen LogP) is 3.50. The third-order valence-corrected chi connectivity index (χ3v) is 4.76. The van der Waals surface area contributed by atoms with Crippen LogP contribution in [-0.4, -0.2) is 23.5 Å². The number of fused-ring (bicyclic) bond motifs is 1. The number of hydrogen-bond acceptors (Lipinski definition) is 2. The minimum absolute atomic E-state index is 0.130. The van der Waals surface area contributed by atoms with Gasteiger partial charge in [-0.1, -0.05) is 42.5 Å². The van der Waals surface area contributed by atoms with Gasteiger partial charge in [-0.2, -0.15) is 0 Å². The molecule has 0 unspecified atom stereocenters. The molecule has 2 aliphatic rings. The van der Waals surface area contributed by atoms with Crippen molar-refractivity contribution in [3.63, 3.8) is 0 Å². The molecule has 2 aliphatic heterocycles. The zero-order valence-electron chi connectivity index (χ0n) is 12.8. The zero-order chi connectivity index (χ0) is 15.1. The van der Waals surface area contributed by atoms with E-state index in [2.05, 4.69) is 42.2 Å². The molecule has 0 aromatic heterocycles. The molecule has 2 fully saturated rings. The lowest BCUT2D eigenvalue weighted by Crippen LogP contribution is -2.35. The van der Waals surface area contributed by atoms with Crippen molar-refractivity contribution in [3.8, 4) is 0 Å². The van der Waals surface area contributed by atoms with Crippen molar-refractivity contribution in [2.45, 2.75) is 32.0 Å². The number of carbonyl (C=O) groups excluding carboxylic acids is 1. The molecule has 3 heteroatoms. The first-order chi connectivity index (χ1) is 10.8. The van der Waals surface area contributed by atoms with Crippen LogP contribution in [0.1, 0.15) is 30.0 Å². The highest BCUT2D eigenvalue weighted by Gasteiger charge is 2.49. The minimum atomic E-state index is -0.130. The highest BCUT2D eigenvalue weighted by molar-refractivity contribution is 6.00. The molecule has 0 spiro atoms. The van der Waals surface area contributed by atoms with Crippen LogP contribution in [0.3, 0.4) is 0 Å². The summed E-state index contributed by atoms with van der Waals surface area (Å²) in [6.45, 7) is 3.07. The zero-order valence-corrected chi connectivity index (χ0v) is 12.8. The number of aryl methyl sites for hydroxylation is 1. The fourth-order valence-corrected chi connectivity index (χ4v) is 3.82. The summed E-state index contributed by atoms with van der Waals surface area (Å²) in [5.41, 5.74) is 3.33. The maximum absolute atomic E-state index is 13.1. The van der Waals surface area contributed by atoms with Gasteiger partial charge in [0.25, 0.3) is 0 Å². The topological polar surface area (TPSA) is 23.6 Å². The summed E-state index contributed by atoms with van der Waals surface area (Å²) in [6.07, 6.45) is 2.42. The Morgan fingerprint density at radius 2 is 1.86 bits per heavy atom. The monoisotopic (exact) mass is 292 g/mol. The van der Waals surface area contributed by atoms with E-state index in [1.807, 2.05) is 29.2 Å². The van der Waals surface area contributed by atoms with Gasteiger partial charge in [0.05, 0.1) is 6.17 Å². The van der Waals surface area contributed by atoms with Gasteiger partial charge in [-0.15, -0.1) is 0 Å². The van der Waals surface area contributed by atoms with E-state index in [-0.39, 0.29) is 18.1 Å². The quantitative estimate of drug-likeness (QED) is 0.845. The van der Waals surface area contributed by atoms with Crippen LogP contribution in [0.2, 0.25) is 0 Å². The Morgan fingerprint density at radius 3 is 2.64 bits per heavy atom. The summed E-state index contributed by atoms with van der Waals surface area (Å²) in [7, 11) is 0. The van der Waals surface area contributed by atoms with E-state index in [4.69, 9.17) is 0 Å². The van der Waals surface area contributed by atoms with Crippen molar-refractivity contribution < 1.29 is 4.79 Å². The molecule has 1 amide bonds. The first kappa shape index (κ1) is 13.5. The van der Waals surface area contributed by atoms with Crippen LogP contribution in [0.5, 0.6) is 0 Å². The van der Waals surface area contributed by atoms with Crippen LogP contribution >= 0.6 is 0 Å². The number of amides is 1. The van der Waals surface area contributed by atoms with Crippen molar-refractivity contribution in [2.75, 3.05) is 11.4 Å². The second kappa shape index (κ2) is 5.25. The molecule has 2 aromatic rings. The van der Waals surface area contributed by atoms with Crippen molar-refractivity contribution >= 4 is 11.6 Å². The lowest BCUT2D eigenvalue weighted by atomic mass is 10.1. The second-order valence-corrected chi connectivity index (χ2v) is 6.22. The molecule has 4 rings (SSSR count). The molecule has 0 bridgehead atoms. The third kappa shape index (κ3) is 2.04. The van der Waals surface area contributed by atoms with E-state index in [0.29, 0.717) is 0 Å². The highest BCUT2D eigenvalue weighted by atomic mass is 16.2. The van der Waals surface area contributed by atoms with Crippen LogP contribution in [0.25, 0.3) is 0 Å². The molecule has 0 aliphatic carbocycles. The Hall–Kier alpha value is -2.13. The molecule has 2 aromatic carbocycles. The Morgan fingerprint density at radius 1 is 1.05 bits per heavy atom. The molecule has 0 radical (unpaired) electrons. The summed E-state index contributed by atoms with van der Waals surface area (Å²) in [4.78, 5) is 17.5. The number of anilines is 1. The smallest absolute Gasteiger partial charge is 0.250 e. The normalized spacial score (nSPS) is 24.8. The van der Waals surface area contributed by atoms with Crippen LogP contribution < -0.4 is 4.90 Å². The summed E-state index contributed by atoms with van der Waals surface area (Å²) in [5, 5.41) is 0. The summed E-state index contributed by atoms with van der Waals surface area (Å²) in [6, 6.07) is 18.3. The summed E-state index contributed by atoms with van der Waals surface area (Å²) >= 11 is 0. The number of hydrogen-bond donors (Lipinski definition) is 0. The maximum atomic E-state index is 13.1. The third-order valence-electron chi connectivity index (χ3n) is 4.76. The number of benzene rings is 2. The van der Waals surface area contributed by atoms with Gasteiger partial charge in [0.1, 0.15) is 6.04 Å². The molecule has 112 valence electrons. The van der Waals surface area contributed by atoms with Crippen LogP contribution in [0, 0.1) is 6.92 Å². The molecular weight excluding hydrogens is 272 g/mol. The van der Waals surface area contributed by atoms with E-state index in [1.165, 1.54) is 5.56 Å². The number of rotatable bonds is 2. The SMILES string of the molecule is Cc1cccc(N2C(=O)[C@@H](c3ccccc3)N3CCC[C@H]23)c1. The van der Waals surface area contributed by atoms with Crippen molar-refractivity contribution in [1.82, 2.24) is 4.90 Å². The average Bonchev–Trinajstić information content (AvgIpc) is 3.07. The number of nitrogens with zero attached hydrogens (tertiary/aromatic N) is 2. The first-order valence-corrected chi connectivity index (χ1v) is 7.96. The molecule has 0 saturated carbocycles. The van der Waals surface area contributed by atoms with Gasteiger partial charge >= 0.3 is 0 Å². The van der Waals surface area contributed by atoms with Gasteiger partial charge in [0.2, 0.25) is 5.91 Å². The standard InChI is InChI=1S/C19H20N2O/c1-14-7-5-10-16(13-14)21-17-11-6-12-20(17)18(19(21)22)15-8-3-2-4-9-15/h2-5,7-10,13,17-18H,6,11-12H2,1H3/t17-,18+/m0/s1. The predicted molar refractivity (Wildman–Crippen MR) is 87.6 cm³/mol. The van der Waals surface area contributed by atoms with E-state index in [0.717, 1.165) is 30.6 Å². The molecule has 2 saturated heterocycles. The lowest BCUT2D eigenvalue weighted by Gasteiger charge is -2.24. The van der Waals surface area contributed by atoms with Crippen molar-refractivity contribution in [3.05, 3.63) is 65.7 Å². The van der Waals surface area contributed by atoms with Gasteiger partial charge in [0, 0.05) is 12.2 Å². The maximum Gasteiger partial charge on any atom is 0.250 e. The Labute approximate surface area is 131 Å². The Bertz CT molecular complexity index is 698. The van der Waals surface area contributed by atoms with Crippen LogP contribution in [-0.2, 0) is 4.79 Å². The van der Waals surface area contributed by atoms with Gasteiger partial charge in [-0.25, -0.2) is 0 Å². The fourth-order valence-electron chi connectivity index (χ4n) is 3.82. The largest absolute Gasteiger partial charge is 0.294 e. The van der Waals surface area contributed by atoms with Gasteiger partial charge in [-0.05, 0) is 43.0 Å². The van der Waals surface area contributed by atoms with Gasteiger partial charge < -0.3 is 0 Å². The van der Waals surface area contributed by atoms with Crippen LogP contribution in [0.4, 0.5) is 5.69 Å². The molecular formula is C19H20N2O. The van der Waals surface area contributed by atoms with Gasteiger partial charge in [0.15, 0.2) is 0 Å². The summed E-state index contributed by atoms with van der Waals surface area (Å²) in [5.74, 6) is 0.210. The van der Waals surface area contributed by atoms with Crippen molar-refractivity contribution in [1.29, 1.82) is 0 Å². The van der Waals surface area contributed by atoms with E-state index in [1.54, 1.807) is 0 Å². The second-order valence-electron chi connectivity index (χ2n) is 6.22. The number of carbonyl (C=O) groups is 1. The van der Waals surface area contributed by atoms with E-state index < -0.39 is 0 Å². The Kier molecular flexibility index (Phi) is 3.23. The minimum Gasteiger partial charge on any atom is -0.294 e. The molecule has 2 heterocycles. The fraction of sp³-hybridized carbons (Fsp3) is 0.316. The van der Waals surface area contributed by atoms with E-state index >= 15 is 0 Å². The molecule has 3 nitrogen and oxygen atoms in total. The van der Waals surface area contributed by atoms with E-state index in [9.17, 15) is 4.79 Å². The van der Waals surface area contributed by atoms with Crippen molar-refractivity contribution in [2.24, 2.45) is 0 Å². The van der Waals surface area contributed by atoms with Crippen LogP contribution in [0.15, 0.2) is 54.6 Å². The Balaban J connectivity index is 1.76. The molecule has 0 N–H and O–H groups in total. The highest BCUT2D eigenvalue weighted by Crippen LogP contribution is 2.41. The molecule has 22 heavy (non-hydrogen) atoms. The molecule has 2 atom stereocenters. The van der Waals surface area contributed by atoms with Gasteiger partial charge in [-0.3, -0.25) is 14.6 Å². The average molecular weight is 292 g/mol. The first-order valence-electron chi connectivity index (χ1n) is 7.96.